The van der Waals surface area contributed by atoms with Gasteiger partial charge in [0.25, 0.3) is 0 Å². The Balaban J connectivity index is 4.24. The number of esters is 2. The van der Waals surface area contributed by atoms with Crippen molar-refractivity contribution >= 4 is 11.9 Å². The van der Waals surface area contributed by atoms with Crippen LogP contribution in [0.4, 0.5) is 0 Å². The summed E-state index contributed by atoms with van der Waals surface area (Å²) in [6.45, 7) is 7.76. The van der Waals surface area contributed by atoms with Crippen LogP contribution in [0.15, 0.2) is 48.6 Å². The summed E-state index contributed by atoms with van der Waals surface area (Å²) < 4.78 is 17.5. The number of unbranched alkanes of at least 4 members (excludes halogenated alkanes) is 37. The molecule has 0 aliphatic carbocycles. The average molecular weight is 954 g/mol. The van der Waals surface area contributed by atoms with E-state index in [9.17, 15) is 9.59 Å². The van der Waals surface area contributed by atoms with Crippen molar-refractivity contribution in [1.29, 1.82) is 0 Å². The van der Waals surface area contributed by atoms with Crippen LogP contribution in [-0.2, 0) is 23.8 Å². The van der Waals surface area contributed by atoms with E-state index in [1.54, 1.807) is 0 Å². The molecule has 5 heteroatoms. The average Bonchev–Trinajstić information content (AvgIpc) is 3.34. The fourth-order valence-corrected chi connectivity index (χ4v) is 8.88. The first kappa shape index (κ1) is 65.9. The lowest BCUT2D eigenvalue weighted by molar-refractivity contribution is -0.163. The summed E-state index contributed by atoms with van der Waals surface area (Å²) in [5, 5.41) is 0. The second-order valence-electron chi connectivity index (χ2n) is 20.2. The lowest BCUT2D eigenvalue weighted by Crippen LogP contribution is -2.30. The summed E-state index contributed by atoms with van der Waals surface area (Å²) in [6, 6.07) is 0. The zero-order valence-corrected chi connectivity index (χ0v) is 45.9. The van der Waals surface area contributed by atoms with Crippen LogP contribution in [0.1, 0.15) is 316 Å². The first-order valence-corrected chi connectivity index (χ1v) is 30.2. The van der Waals surface area contributed by atoms with Crippen molar-refractivity contribution in [3.63, 3.8) is 0 Å². The molecule has 398 valence electrons. The van der Waals surface area contributed by atoms with Gasteiger partial charge in [0, 0.05) is 19.4 Å². The molecule has 0 N–H and O–H groups in total. The molecular weight excluding hydrogens is 837 g/mol. The SMILES string of the molecule is CC/C=C\C/C=C\C/C=C\CCCCCCCCCC(=O)OCC(COCCCCCCCCCCCCCCCCCCCCCC)OC(=O)CCCCCCC/C=C\CCCCCCCC. The molecule has 5 nitrogen and oxygen atoms in total. The molecule has 0 aromatic rings. The zero-order valence-electron chi connectivity index (χ0n) is 45.9. The van der Waals surface area contributed by atoms with Crippen LogP contribution < -0.4 is 0 Å². The van der Waals surface area contributed by atoms with Crippen LogP contribution in [0.3, 0.4) is 0 Å². The van der Waals surface area contributed by atoms with E-state index in [2.05, 4.69) is 69.4 Å². The monoisotopic (exact) mass is 953 g/mol. The summed E-state index contributed by atoms with van der Waals surface area (Å²) in [6.07, 6.45) is 74.3. The molecule has 0 aliphatic rings. The highest BCUT2D eigenvalue weighted by molar-refractivity contribution is 5.70. The van der Waals surface area contributed by atoms with Gasteiger partial charge in [0.2, 0.25) is 0 Å². The van der Waals surface area contributed by atoms with E-state index in [0.29, 0.717) is 19.4 Å². The summed E-state index contributed by atoms with van der Waals surface area (Å²) in [5.74, 6) is -0.401. The maximum absolute atomic E-state index is 12.9. The molecule has 68 heavy (non-hydrogen) atoms. The van der Waals surface area contributed by atoms with Crippen molar-refractivity contribution in [3.8, 4) is 0 Å². The second kappa shape index (κ2) is 59.2. The quantitative estimate of drug-likeness (QED) is 0.0345. The number of rotatable bonds is 56. The Hall–Kier alpha value is -2.14. The van der Waals surface area contributed by atoms with Crippen molar-refractivity contribution in [1.82, 2.24) is 0 Å². The lowest BCUT2D eigenvalue weighted by atomic mass is 10.0. The predicted molar refractivity (Wildman–Crippen MR) is 298 cm³/mol. The first-order valence-electron chi connectivity index (χ1n) is 30.2. The fraction of sp³-hybridized carbons (Fsp3) is 0.841. The van der Waals surface area contributed by atoms with Gasteiger partial charge in [-0.3, -0.25) is 9.59 Å². The third-order valence-corrected chi connectivity index (χ3v) is 13.3. The summed E-state index contributed by atoms with van der Waals surface area (Å²) >= 11 is 0. The highest BCUT2D eigenvalue weighted by atomic mass is 16.6. The van der Waals surface area contributed by atoms with Gasteiger partial charge in [0.15, 0.2) is 6.10 Å². The molecule has 0 aromatic heterocycles. The maximum atomic E-state index is 12.9. The maximum Gasteiger partial charge on any atom is 0.306 e. The number of hydrogen-bond acceptors (Lipinski definition) is 5. The van der Waals surface area contributed by atoms with Crippen molar-refractivity contribution in [2.45, 2.75) is 322 Å². The van der Waals surface area contributed by atoms with Gasteiger partial charge in [0.05, 0.1) is 6.61 Å². The third-order valence-electron chi connectivity index (χ3n) is 13.3. The van der Waals surface area contributed by atoms with E-state index < -0.39 is 6.10 Å². The Labute approximate surface area is 424 Å². The molecule has 1 unspecified atom stereocenters. The molecule has 0 aromatic carbocycles. The minimum absolute atomic E-state index is 0.0806. The minimum Gasteiger partial charge on any atom is -0.462 e. The Kier molecular flexibility index (Phi) is 57.3. The van der Waals surface area contributed by atoms with Gasteiger partial charge in [-0.2, -0.15) is 0 Å². The van der Waals surface area contributed by atoms with E-state index in [-0.39, 0.29) is 25.2 Å². The first-order chi connectivity index (χ1) is 33.6. The van der Waals surface area contributed by atoms with Crippen LogP contribution in [-0.4, -0.2) is 37.9 Å². The fourth-order valence-electron chi connectivity index (χ4n) is 8.88. The van der Waals surface area contributed by atoms with Gasteiger partial charge >= 0.3 is 11.9 Å². The summed E-state index contributed by atoms with van der Waals surface area (Å²) in [4.78, 5) is 25.5. The molecule has 0 bridgehead atoms. The van der Waals surface area contributed by atoms with Gasteiger partial charge < -0.3 is 14.2 Å². The zero-order chi connectivity index (χ0) is 49.2. The number of carbonyl (C=O) groups excluding carboxylic acids is 2. The van der Waals surface area contributed by atoms with Crippen LogP contribution in [0.5, 0.6) is 0 Å². The van der Waals surface area contributed by atoms with Gasteiger partial charge in [-0.25, -0.2) is 0 Å². The van der Waals surface area contributed by atoms with Gasteiger partial charge in [0.1, 0.15) is 6.61 Å². The number of hydrogen-bond donors (Lipinski definition) is 0. The van der Waals surface area contributed by atoms with Crippen LogP contribution in [0.25, 0.3) is 0 Å². The van der Waals surface area contributed by atoms with Gasteiger partial charge in [-0.15, -0.1) is 0 Å². The molecule has 0 saturated carbocycles. The molecule has 0 fully saturated rings. The molecule has 0 spiro atoms. The molecule has 0 aliphatic heterocycles. The van der Waals surface area contributed by atoms with E-state index in [1.165, 1.54) is 205 Å². The highest BCUT2D eigenvalue weighted by Gasteiger charge is 2.17. The number of ether oxygens (including phenoxy) is 3. The Morgan fingerprint density at radius 2 is 0.662 bits per heavy atom. The van der Waals surface area contributed by atoms with E-state index in [4.69, 9.17) is 14.2 Å². The third kappa shape index (κ3) is 56.4. The number of carbonyl (C=O) groups is 2. The minimum atomic E-state index is -0.543. The molecule has 0 heterocycles. The van der Waals surface area contributed by atoms with Gasteiger partial charge in [-0.1, -0.05) is 275 Å². The van der Waals surface area contributed by atoms with Crippen LogP contribution >= 0.6 is 0 Å². The van der Waals surface area contributed by atoms with Crippen LogP contribution in [0, 0.1) is 0 Å². The smallest absolute Gasteiger partial charge is 0.306 e. The Morgan fingerprint density at radius 3 is 1.07 bits per heavy atom. The van der Waals surface area contributed by atoms with Crippen LogP contribution in [0.2, 0.25) is 0 Å². The summed E-state index contributed by atoms with van der Waals surface area (Å²) in [7, 11) is 0. The molecule has 1 atom stereocenters. The van der Waals surface area contributed by atoms with E-state index in [0.717, 1.165) is 77.0 Å². The standard InChI is InChI=1S/C63H116O5/c1-4-7-10-13-16-19-22-25-28-30-31-32-34-37-40-43-46-49-52-55-58-66-59-61(68-63(65)57-54-51-48-45-42-39-35-27-24-21-18-15-12-9-6-3)60-67-62(64)56-53-50-47-44-41-38-36-33-29-26-23-20-17-14-11-8-5-2/h8,11,17,20,26-27,29,35,61H,4-7,9-10,12-16,18-19,21-25,28,30-34,36-60H2,1-3H3/b11-8-,20-17-,29-26-,35-27-. The van der Waals surface area contributed by atoms with E-state index in [1.807, 2.05) is 0 Å². The molecular formula is C63H116O5. The molecule has 0 rings (SSSR count). The van der Waals surface area contributed by atoms with Gasteiger partial charge in [-0.05, 0) is 77.0 Å². The normalized spacial score (nSPS) is 12.5. The second-order valence-corrected chi connectivity index (χ2v) is 20.2. The molecule has 0 saturated heterocycles. The van der Waals surface area contributed by atoms with E-state index >= 15 is 0 Å². The highest BCUT2D eigenvalue weighted by Crippen LogP contribution is 2.17. The molecule has 0 amide bonds. The van der Waals surface area contributed by atoms with Crippen molar-refractivity contribution in [2.75, 3.05) is 19.8 Å². The predicted octanol–water partition coefficient (Wildman–Crippen LogP) is 20.7. The lowest BCUT2D eigenvalue weighted by Gasteiger charge is -2.18. The largest absolute Gasteiger partial charge is 0.462 e. The number of allylic oxidation sites excluding steroid dienone is 8. The topological polar surface area (TPSA) is 61.8 Å². The van der Waals surface area contributed by atoms with Crippen molar-refractivity contribution < 1.29 is 23.8 Å². The Morgan fingerprint density at radius 1 is 0.338 bits per heavy atom. The van der Waals surface area contributed by atoms with Crippen molar-refractivity contribution in [3.05, 3.63) is 48.6 Å². The van der Waals surface area contributed by atoms with Crippen molar-refractivity contribution in [2.24, 2.45) is 0 Å². The summed E-state index contributed by atoms with van der Waals surface area (Å²) in [5.41, 5.74) is 0. The molecule has 0 radical (unpaired) electrons. The Bertz CT molecular complexity index is 1120.